The molecular formula is C24H25N3O3. The first-order chi connectivity index (χ1) is 14.6. The number of amides is 1. The van der Waals surface area contributed by atoms with E-state index in [2.05, 4.69) is 22.3 Å². The number of likely N-dealkylation sites (tertiary alicyclic amines) is 1. The maximum absolute atomic E-state index is 12.7. The topological polar surface area (TPSA) is 75.3 Å². The predicted octanol–water partition coefficient (Wildman–Crippen LogP) is 4.06. The second-order valence-electron chi connectivity index (χ2n) is 7.61. The van der Waals surface area contributed by atoms with E-state index in [0.717, 1.165) is 36.2 Å². The van der Waals surface area contributed by atoms with Crippen molar-refractivity contribution in [2.24, 2.45) is 0 Å². The van der Waals surface area contributed by atoms with Gasteiger partial charge in [0.25, 0.3) is 5.91 Å². The lowest BCUT2D eigenvalue weighted by molar-refractivity contribution is -0.134. The molecule has 0 aliphatic carbocycles. The third kappa shape index (κ3) is 4.43. The Labute approximate surface area is 175 Å². The number of carbonyl (C=O) groups is 2. The predicted molar refractivity (Wildman–Crippen MR) is 115 cm³/mol. The normalized spacial score (nSPS) is 16.3. The Hall–Kier alpha value is -3.41. The maximum atomic E-state index is 12.7. The molecule has 0 unspecified atom stereocenters. The Morgan fingerprint density at radius 2 is 1.90 bits per heavy atom. The van der Waals surface area contributed by atoms with Crippen molar-refractivity contribution in [3.63, 3.8) is 0 Å². The van der Waals surface area contributed by atoms with Crippen molar-refractivity contribution in [3.05, 3.63) is 72.1 Å². The number of ketones is 1. The summed E-state index contributed by atoms with van der Waals surface area (Å²) in [7, 11) is 0. The van der Waals surface area contributed by atoms with Crippen LogP contribution >= 0.6 is 0 Å². The van der Waals surface area contributed by atoms with Crippen molar-refractivity contribution in [3.8, 4) is 16.9 Å². The Balaban J connectivity index is 1.39. The van der Waals surface area contributed by atoms with E-state index in [0.29, 0.717) is 17.9 Å². The molecule has 1 aliphatic rings. The molecule has 3 aromatic rings. The minimum Gasteiger partial charge on any atom is -0.484 e. The maximum Gasteiger partial charge on any atom is 0.260 e. The summed E-state index contributed by atoms with van der Waals surface area (Å²) in [6.45, 7) is 2.89. The van der Waals surface area contributed by atoms with E-state index in [1.54, 1.807) is 24.3 Å². The van der Waals surface area contributed by atoms with Gasteiger partial charge in [-0.1, -0.05) is 30.3 Å². The van der Waals surface area contributed by atoms with Gasteiger partial charge in [-0.2, -0.15) is 5.10 Å². The quantitative estimate of drug-likeness (QED) is 0.630. The highest BCUT2D eigenvalue weighted by Crippen LogP contribution is 2.33. The van der Waals surface area contributed by atoms with Crippen molar-refractivity contribution < 1.29 is 14.3 Å². The summed E-state index contributed by atoms with van der Waals surface area (Å²) in [4.78, 5) is 26.0. The van der Waals surface area contributed by atoms with Gasteiger partial charge in [0, 0.05) is 35.8 Å². The molecule has 154 valence electrons. The first-order valence-electron chi connectivity index (χ1n) is 10.2. The largest absolute Gasteiger partial charge is 0.484 e. The number of ether oxygens (including phenoxy) is 1. The molecule has 1 N–H and O–H groups in total. The number of aromatic nitrogens is 2. The molecule has 4 rings (SSSR count). The number of nitrogens with zero attached hydrogens (tertiary/aromatic N) is 2. The van der Waals surface area contributed by atoms with Gasteiger partial charge >= 0.3 is 0 Å². The summed E-state index contributed by atoms with van der Waals surface area (Å²) in [6.07, 6.45) is 3.81. The van der Waals surface area contributed by atoms with Gasteiger partial charge < -0.3 is 9.64 Å². The highest BCUT2D eigenvalue weighted by Gasteiger charge is 2.27. The molecule has 6 heteroatoms. The summed E-state index contributed by atoms with van der Waals surface area (Å²) < 4.78 is 5.65. The number of nitrogens with one attached hydrogen (secondary N) is 1. The number of aromatic amines is 1. The second-order valence-corrected chi connectivity index (χ2v) is 7.61. The molecule has 2 aromatic carbocycles. The summed E-state index contributed by atoms with van der Waals surface area (Å²) >= 11 is 0. The third-order valence-corrected chi connectivity index (χ3v) is 5.56. The lowest BCUT2D eigenvalue weighted by atomic mass is 9.90. The lowest BCUT2D eigenvalue weighted by Gasteiger charge is -2.32. The van der Waals surface area contributed by atoms with Crippen LogP contribution in [0.2, 0.25) is 0 Å². The molecule has 1 atom stereocenters. The van der Waals surface area contributed by atoms with Crippen LogP contribution in [0.3, 0.4) is 0 Å². The van der Waals surface area contributed by atoms with E-state index in [9.17, 15) is 9.59 Å². The van der Waals surface area contributed by atoms with Gasteiger partial charge in [-0.25, -0.2) is 0 Å². The number of carbonyl (C=O) groups excluding carboxylic acids is 2. The SMILES string of the molecule is CC(=O)c1ccc(OCC(=O)N2CCC[C@@H](c3[nH]ncc3-c3ccccc3)C2)cc1. The number of Topliss-reactive ketones (excluding diaryl/α,β-unsaturated/α-hetero) is 1. The monoisotopic (exact) mass is 403 g/mol. The van der Waals surface area contributed by atoms with Crippen molar-refractivity contribution >= 4 is 11.7 Å². The van der Waals surface area contributed by atoms with Gasteiger partial charge in [0.05, 0.1) is 6.20 Å². The van der Waals surface area contributed by atoms with Crippen LogP contribution in [-0.4, -0.2) is 46.5 Å². The van der Waals surface area contributed by atoms with Crippen LogP contribution in [0.1, 0.15) is 41.7 Å². The molecule has 2 heterocycles. The van der Waals surface area contributed by atoms with Crippen molar-refractivity contribution in [1.29, 1.82) is 0 Å². The van der Waals surface area contributed by atoms with Gasteiger partial charge in [-0.15, -0.1) is 0 Å². The van der Waals surface area contributed by atoms with Crippen molar-refractivity contribution in [2.45, 2.75) is 25.7 Å². The van der Waals surface area contributed by atoms with E-state index >= 15 is 0 Å². The van der Waals surface area contributed by atoms with E-state index in [1.165, 1.54) is 6.92 Å². The molecule has 0 radical (unpaired) electrons. The number of benzene rings is 2. The highest BCUT2D eigenvalue weighted by atomic mass is 16.5. The van der Waals surface area contributed by atoms with Crippen LogP contribution in [0.15, 0.2) is 60.8 Å². The fourth-order valence-corrected chi connectivity index (χ4v) is 3.92. The Morgan fingerprint density at radius 1 is 1.13 bits per heavy atom. The first-order valence-corrected chi connectivity index (χ1v) is 10.2. The molecule has 1 amide bonds. The molecule has 0 saturated carbocycles. The number of H-pyrrole nitrogens is 1. The smallest absolute Gasteiger partial charge is 0.260 e. The molecule has 0 bridgehead atoms. The summed E-state index contributed by atoms with van der Waals surface area (Å²) in [5.74, 6) is 0.777. The zero-order valence-electron chi connectivity index (χ0n) is 17.0. The van der Waals surface area contributed by atoms with Crippen molar-refractivity contribution in [1.82, 2.24) is 15.1 Å². The van der Waals surface area contributed by atoms with E-state index in [4.69, 9.17) is 4.74 Å². The summed E-state index contributed by atoms with van der Waals surface area (Å²) in [5.41, 5.74) is 3.93. The summed E-state index contributed by atoms with van der Waals surface area (Å²) in [6, 6.07) is 17.0. The zero-order valence-corrected chi connectivity index (χ0v) is 17.0. The fourth-order valence-electron chi connectivity index (χ4n) is 3.92. The Bertz CT molecular complexity index is 1010. The van der Waals surface area contributed by atoms with Gasteiger partial charge in [-0.3, -0.25) is 14.7 Å². The van der Waals surface area contributed by atoms with Crippen molar-refractivity contribution in [2.75, 3.05) is 19.7 Å². The second kappa shape index (κ2) is 8.95. The molecule has 0 spiro atoms. The van der Waals surface area contributed by atoms with Crippen LogP contribution in [0.5, 0.6) is 5.75 Å². The minimum atomic E-state index is -0.0314. The number of rotatable bonds is 6. The number of hydrogen-bond donors (Lipinski definition) is 1. The fraction of sp³-hybridized carbons (Fsp3) is 0.292. The molecule has 1 aromatic heterocycles. The molecule has 30 heavy (non-hydrogen) atoms. The zero-order chi connectivity index (χ0) is 20.9. The minimum absolute atomic E-state index is 0.00524. The number of piperidine rings is 1. The Morgan fingerprint density at radius 3 is 2.63 bits per heavy atom. The molecule has 1 saturated heterocycles. The van der Waals surface area contributed by atoms with E-state index in [-0.39, 0.29) is 24.2 Å². The van der Waals surface area contributed by atoms with Crippen LogP contribution in [0, 0.1) is 0 Å². The van der Waals surface area contributed by atoms with Crippen LogP contribution in [0.25, 0.3) is 11.1 Å². The number of hydrogen-bond acceptors (Lipinski definition) is 4. The lowest BCUT2D eigenvalue weighted by Crippen LogP contribution is -2.41. The van der Waals surface area contributed by atoms with Gasteiger partial charge in [0.1, 0.15) is 5.75 Å². The highest BCUT2D eigenvalue weighted by molar-refractivity contribution is 5.94. The molecule has 6 nitrogen and oxygen atoms in total. The average Bonchev–Trinajstić information content (AvgIpc) is 3.28. The molecule has 1 aliphatic heterocycles. The molecular weight excluding hydrogens is 378 g/mol. The van der Waals surface area contributed by atoms with Gasteiger partial charge in [0.2, 0.25) is 0 Å². The third-order valence-electron chi connectivity index (χ3n) is 5.56. The molecule has 1 fully saturated rings. The van der Waals surface area contributed by atoms with Gasteiger partial charge in [0.15, 0.2) is 12.4 Å². The van der Waals surface area contributed by atoms with E-state index in [1.807, 2.05) is 29.3 Å². The van der Waals surface area contributed by atoms with Crippen LogP contribution < -0.4 is 4.74 Å². The van der Waals surface area contributed by atoms with Gasteiger partial charge in [-0.05, 0) is 49.6 Å². The first kappa shape index (κ1) is 19.9. The standard InChI is InChI=1S/C24H25N3O3/c1-17(28)18-9-11-21(12-10-18)30-16-23(29)27-13-5-8-20(15-27)24-22(14-25-26-24)19-6-3-2-4-7-19/h2-4,6-7,9-12,14,20H,5,8,13,15-16H2,1H3,(H,25,26)/t20-/m1/s1. The Kier molecular flexibility index (Phi) is 5.93. The average molecular weight is 403 g/mol. The van der Waals surface area contributed by atoms with E-state index < -0.39 is 0 Å². The summed E-state index contributed by atoms with van der Waals surface area (Å²) in [5, 5.41) is 7.42. The van der Waals surface area contributed by atoms with Crippen LogP contribution in [0.4, 0.5) is 0 Å². The van der Waals surface area contributed by atoms with Crippen LogP contribution in [-0.2, 0) is 4.79 Å².